The van der Waals surface area contributed by atoms with Gasteiger partial charge in [0, 0.05) is 44.6 Å². The Morgan fingerprint density at radius 1 is 1.01 bits per heavy atom. The zero-order valence-electron chi connectivity index (χ0n) is 41.1. The van der Waals surface area contributed by atoms with Crippen LogP contribution in [0.4, 0.5) is 0 Å². The van der Waals surface area contributed by atoms with Gasteiger partial charge in [0.15, 0.2) is 17.2 Å². The molecule has 0 aromatic heterocycles. The second kappa shape index (κ2) is 22.0. The second-order valence-corrected chi connectivity index (χ2v) is 21.6. The Balaban J connectivity index is 0.892. The summed E-state index contributed by atoms with van der Waals surface area (Å²) in [7, 11) is 0. The fourth-order valence-electron chi connectivity index (χ4n) is 11.7. The molecule has 7 rings (SSSR count). The van der Waals surface area contributed by atoms with Crippen LogP contribution in [0.25, 0.3) is 0 Å². The number of rotatable bonds is 16. The maximum Gasteiger partial charge on any atom is 0.338 e. The van der Waals surface area contributed by atoms with Gasteiger partial charge in [-0.05, 0) is 120 Å². The summed E-state index contributed by atoms with van der Waals surface area (Å²) >= 11 is 0. The number of ether oxygens (including phenoxy) is 8. The molecule has 5 N–H and O–H groups in total. The molecule has 0 aliphatic carbocycles. The van der Waals surface area contributed by atoms with Crippen molar-refractivity contribution < 1.29 is 68.2 Å². The van der Waals surface area contributed by atoms with Crippen molar-refractivity contribution in [3.8, 4) is 0 Å². The Morgan fingerprint density at radius 2 is 1.78 bits per heavy atom. The Hall–Kier alpha value is -2.31. The number of aliphatic hydroxyl groups excluding tert-OH is 4. The molecule has 0 bridgehead atoms. The first-order valence-corrected chi connectivity index (χ1v) is 25.4. The van der Waals surface area contributed by atoms with E-state index in [0.29, 0.717) is 74.9 Å². The van der Waals surface area contributed by atoms with Crippen LogP contribution in [-0.4, -0.2) is 135 Å². The predicted octanol–water partition coefficient (Wildman–Crippen LogP) is 6.95. The highest BCUT2D eigenvalue weighted by molar-refractivity contribution is 5.78. The minimum absolute atomic E-state index is 0.0407. The Bertz CT molecular complexity index is 1820. The van der Waals surface area contributed by atoms with Crippen LogP contribution < -0.4 is 0 Å². The number of esters is 1. The van der Waals surface area contributed by atoms with Crippen molar-refractivity contribution in [3.05, 3.63) is 59.8 Å². The highest BCUT2D eigenvalue weighted by Gasteiger charge is 2.55. The van der Waals surface area contributed by atoms with E-state index in [4.69, 9.17) is 43.0 Å². The van der Waals surface area contributed by atoms with Crippen LogP contribution in [0.3, 0.4) is 0 Å². The molecule has 3 spiro atoms. The zero-order valence-corrected chi connectivity index (χ0v) is 41.1. The molecule has 14 nitrogen and oxygen atoms in total. The van der Waals surface area contributed by atoms with E-state index in [1.165, 1.54) is 6.92 Å². The molecule has 378 valence electrons. The number of hydrogen-bond acceptors (Lipinski definition) is 14. The quantitative estimate of drug-likeness (QED) is 0.0789. The standard InChI is InChI=1S/C53H82O14/c1-32(12-11-24-54)26-34(3)31-60-49(58)50(8,59)30-40-15-16-44(56)53(64-40)29-33(2)27-43(65-53)35(4)13-14-39-18-22-52(63-39)23-19-42-48(67-52)45(57)38(7)47(62-42)41(55)28-37(6)46-36(5)17-21-51(66-46)20-9-10-25-61-51/h12-14,29,35-37,39-48,54-57,59H,3,7,9-11,15-28,30-31H2,1-2,4-6,8H3/b14-13?,32-12+/t35-,36-,37+,39+,40+,41+,42-,43+,44-,45-,46+,47+,48-,50-,51+,52-,53-/m1/s1. The lowest BCUT2D eigenvalue weighted by Crippen LogP contribution is -2.60. The molecule has 7 aliphatic rings. The van der Waals surface area contributed by atoms with Crippen molar-refractivity contribution in [2.45, 2.75) is 228 Å². The summed E-state index contributed by atoms with van der Waals surface area (Å²) in [6, 6.07) is 0. The molecular formula is C53H82O14. The molecule has 0 aromatic rings. The van der Waals surface area contributed by atoms with Gasteiger partial charge in [0.1, 0.15) is 31.0 Å². The minimum atomic E-state index is -1.85. The molecule has 0 radical (unpaired) electrons. The first-order valence-electron chi connectivity index (χ1n) is 25.4. The van der Waals surface area contributed by atoms with Crippen molar-refractivity contribution >= 4 is 5.97 Å². The van der Waals surface area contributed by atoms with Gasteiger partial charge >= 0.3 is 5.97 Å². The summed E-state index contributed by atoms with van der Waals surface area (Å²) < 4.78 is 51.2. The average molecular weight is 943 g/mol. The summed E-state index contributed by atoms with van der Waals surface area (Å²) in [4.78, 5) is 13.1. The minimum Gasteiger partial charge on any atom is -0.459 e. The lowest BCUT2D eigenvalue weighted by atomic mass is 9.79. The molecule has 67 heavy (non-hydrogen) atoms. The highest BCUT2D eigenvalue weighted by atomic mass is 16.7. The summed E-state index contributed by atoms with van der Waals surface area (Å²) in [5, 5.41) is 54.9. The van der Waals surface area contributed by atoms with Crippen LogP contribution in [0.1, 0.15) is 144 Å². The molecule has 6 saturated heterocycles. The molecule has 0 amide bonds. The molecule has 0 aromatic carbocycles. The van der Waals surface area contributed by atoms with Crippen molar-refractivity contribution in [3.63, 3.8) is 0 Å². The van der Waals surface area contributed by atoms with Crippen molar-refractivity contribution in [2.24, 2.45) is 17.8 Å². The largest absolute Gasteiger partial charge is 0.459 e. The first-order chi connectivity index (χ1) is 31.8. The van der Waals surface area contributed by atoms with Crippen LogP contribution in [0, 0.1) is 17.8 Å². The van der Waals surface area contributed by atoms with Gasteiger partial charge in [-0.2, -0.15) is 0 Å². The van der Waals surface area contributed by atoms with Gasteiger partial charge in [-0.25, -0.2) is 4.79 Å². The zero-order chi connectivity index (χ0) is 48.3. The van der Waals surface area contributed by atoms with Crippen LogP contribution in [0.15, 0.2) is 59.8 Å². The number of allylic oxidation sites excluding steroid dienone is 1. The molecule has 6 fully saturated rings. The summed E-state index contributed by atoms with van der Waals surface area (Å²) in [5.74, 6) is -3.33. The number of fused-ring (bicyclic) bond motifs is 1. The second-order valence-electron chi connectivity index (χ2n) is 21.6. The van der Waals surface area contributed by atoms with Gasteiger partial charge in [0.25, 0.3) is 0 Å². The van der Waals surface area contributed by atoms with Gasteiger partial charge in [-0.15, -0.1) is 0 Å². The normalized spacial score (nSPS) is 40.6. The molecule has 0 saturated carbocycles. The molecule has 7 heterocycles. The van der Waals surface area contributed by atoms with E-state index in [-0.39, 0.29) is 49.8 Å². The number of carbonyl (C=O) groups is 1. The third-order valence-corrected chi connectivity index (χ3v) is 15.5. The van der Waals surface area contributed by atoms with Crippen molar-refractivity contribution in [1.82, 2.24) is 0 Å². The van der Waals surface area contributed by atoms with E-state index >= 15 is 0 Å². The van der Waals surface area contributed by atoms with Gasteiger partial charge < -0.3 is 63.4 Å². The van der Waals surface area contributed by atoms with Crippen molar-refractivity contribution in [1.29, 1.82) is 0 Å². The van der Waals surface area contributed by atoms with E-state index in [1.54, 1.807) is 0 Å². The van der Waals surface area contributed by atoms with E-state index in [1.807, 2.05) is 32.1 Å². The number of hydrogen-bond donors (Lipinski definition) is 5. The predicted molar refractivity (Wildman–Crippen MR) is 250 cm³/mol. The molecule has 14 heteroatoms. The van der Waals surface area contributed by atoms with Crippen molar-refractivity contribution in [2.75, 3.05) is 19.8 Å². The topological polar surface area (TPSA) is 192 Å². The van der Waals surface area contributed by atoms with E-state index in [2.05, 4.69) is 40.0 Å². The lowest BCUT2D eigenvalue weighted by Gasteiger charge is -2.50. The van der Waals surface area contributed by atoms with E-state index in [9.17, 15) is 25.2 Å². The molecule has 7 aliphatic heterocycles. The SMILES string of the molecule is C=C(COC(=O)[C@](C)(O)C[C@@H]1CC[C@@H](O)[C@]2(C=C(C)C[C@@H]([C@H](C)C=C[C@H]3CC[C@@]4(CC[C@H]5O[C@H]([C@@H](O)C[C@H](C)[C@H]6O[C@@]7(CCCCO7)CC[C@H]6C)C(=C)[C@@H](O)[C@@H]5O4)O3)O2)O1)C/C(C)=C/CCO. The van der Waals surface area contributed by atoms with Crippen LogP contribution in [0.2, 0.25) is 0 Å². The molecule has 0 unspecified atom stereocenters. The molecular weight excluding hydrogens is 861 g/mol. The number of carbonyl (C=O) groups excluding carboxylic acids is 1. The Kier molecular flexibility index (Phi) is 17.2. The van der Waals surface area contributed by atoms with E-state index < -0.39 is 71.7 Å². The Labute approximate surface area is 398 Å². The van der Waals surface area contributed by atoms with E-state index in [0.717, 1.165) is 56.3 Å². The van der Waals surface area contributed by atoms with Gasteiger partial charge in [0.2, 0.25) is 5.79 Å². The number of aliphatic hydroxyl groups is 5. The fraction of sp³-hybridized carbons (Fsp3) is 0.792. The summed E-state index contributed by atoms with van der Waals surface area (Å²) in [6.07, 6.45) is 12.4. The smallest absolute Gasteiger partial charge is 0.338 e. The highest BCUT2D eigenvalue weighted by Crippen LogP contribution is 2.47. The lowest BCUT2D eigenvalue weighted by molar-refractivity contribution is -0.321. The van der Waals surface area contributed by atoms with Crippen LogP contribution >= 0.6 is 0 Å². The summed E-state index contributed by atoms with van der Waals surface area (Å²) in [6.45, 7) is 20.7. The van der Waals surface area contributed by atoms with Gasteiger partial charge in [-0.1, -0.05) is 63.3 Å². The van der Waals surface area contributed by atoms with Crippen LogP contribution in [-0.2, 0) is 42.7 Å². The van der Waals surface area contributed by atoms with Crippen LogP contribution in [0.5, 0.6) is 0 Å². The third kappa shape index (κ3) is 12.4. The van der Waals surface area contributed by atoms with Gasteiger partial charge in [-0.3, -0.25) is 0 Å². The summed E-state index contributed by atoms with van der Waals surface area (Å²) in [5.41, 5.74) is 1.25. The monoisotopic (exact) mass is 943 g/mol. The molecule has 17 atom stereocenters. The maximum absolute atomic E-state index is 13.1. The first kappa shape index (κ1) is 52.5. The Morgan fingerprint density at radius 3 is 2.52 bits per heavy atom. The fourth-order valence-corrected chi connectivity index (χ4v) is 11.7. The maximum atomic E-state index is 13.1. The third-order valence-electron chi connectivity index (χ3n) is 15.5. The van der Waals surface area contributed by atoms with Gasteiger partial charge in [0.05, 0.1) is 43.2 Å². The average Bonchev–Trinajstić information content (AvgIpc) is 3.68.